The van der Waals surface area contributed by atoms with E-state index < -0.39 is 11.9 Å². The molecule has 114 valence electrons. The van der Waals surface area contributed by atoms with Gasteiger partial charge < -0.3 is 10.4 Å². The molecule has 0 spiro atoms. The van der Waals surface area contributed by atoms with Gasteiger partial charge in [-0.2, -0.15) is 0 Å². The number of rotatable bonds is 5. The lowest BCUT2D eigenvalue weighted by molar-refractivity contribution is -0.141. The van der Waals surface area contributed by atoms with Gasteiger partial charge in [0.25, 0.3) is 0 Å². The number of amides is 1. The van der Waals surface area contributed by atoms with E-state index in [1.165, 1.54) is 6.07 Å². The van der Waals surface area contributed by atoms with Crippen LogP contribution in [0.1, 0.15) is 24.8 Å². The summed E-state index contributed by atoms with van der Waals surface area (Å²) in [4.78, 5) is 22.8. The van der Waals surface area contributed by atoms with Crippen molar-refractivity contribution in [3.05, 3.63) is 34.1 Å². The van der Waals surface area contributed by atoms with E-state index in [9.17, 15) is 14.0 Å². The summed E-state index contributed by atoms with van der Waals surface area (Å²) >= 11 is 3.12. The molecule has 1 amide bonds. The normalized spacial score (nSPS) is 21.2. The van der Waals surface area contributed by atoms with E-state index in [1.807, 2.05) is 0 Å². The molecule has 1 fully saturated rings. The van der Waals surface area contributed by atoms with Crippen LogP contribution in [0.5, 0.6) is 0 Å². The summed E-state index contributed by atoms with van der Waals surface area (Å²) in [5.74, 6) is -1.81. The Morgan fingerprint density at radius 1 is 1.33 bits per heavy atom. The van der Waals surface area contributed by atoms with Crippen molar-refractivity contribution >= 4 is 27.8 Å². The molecule has 0 saturated heterocycles. The SMILES string of the molecule is O=C(O)[C@@H]1CC[C@H](C(=O)NCCc2ccc(F)c(Br)c2)C1. The number of benzene rings is 1. The standard InChI is InChI=1S/C15H17BrFNO3/c16-12-7-9(1-4-13(12)17)5-6-18-14(19)10-2-3-11(8-10)15(20)21/h1,4,7,10-11H,2-3,5-6,8H2,(H,18,19)(H,20,21)/t10-,11+/m0/s1. The fourth-order valence-corrected chi connectivity index (χ4v) is 3.04. The Morgan fingerprint density at radius 3 is 2.67 bits per heavy atom. The van der Waals surface area contributed by atoms with Crippen LogP contribution in [0.2, 0.25) is 0 Å². The van der Waals surface area contributed by atoms with E-state index in [-0.39, 0.29) is 17.6 Å². The van der Waals surface area contributed by atoms with E-state index in [4.69, 9.17) is 5.11 Å². The third-order valence-corrected chi connectivity index (χ3v) is 4.46. The Labute approximate surface area is 130 Å². The fourth-order valence-electron chi connectivity index (χ4n) is 2.61. The number of hydrogen-bond donors (Lipinski definition) is 2. The van der Waals surface area contributed by atoms with E-state index >= 15 is 0 Å². The van der Waals surface area contributed by atoms with Crippen LogP contribution in [-0.2, 0) is 16.0 Å². The zero-order chi connectivity index (χ0) is 15.4. The van der Waals surface area contributed by atoms with Gasteiger partial charge in [0.2, 0.25) is 5.91 Å². The van der Waals surface area contributed by atoms with Crippen LogP contribution in [0.25, 0.3) is 0 Å². The van der Waals surface area contributed by atoms with Crippen molar-refractivity contribution in [1.82, 2.24) is 5.32 Å². The first-order chi connectivity index (χ1) is 9.97. The summed E-state index contributed by atoms with van der Waals surface area (Å²) in [5.41, 5.74) is 0.929. The summed E-state index contributed by atoms with van der Waals surface area (Å²) in [6, 6.07) is 4.76. The van der Waals surface area contributed by atoms with Gasteiger partial charge in [-0.25, -0.2) is 4.39 Å². The van der Waals surface area contributed by atoms with Gasteiger partial charge >= 0.3 is 5.97 Å². The summed E-state index contributed by atoms with van der Waals surface area (Å²) in [6.45, 7) is 0.463. The molecule has 0 unspecified atom stereocenters. The highest BCUT2D eigenvalue weighted by Crippen LogP contribution is 2.31. The molecule has 2 atom stereocenters. The van der Waals surface area contributed by atoms with E-state index in [1.54, 1.807) is 12.1 Å². The van der Waals surface area contributed by atoms with E-state index in [0.717, 1.165) is 5.56 Å². The van der Waals surface area contributed by atoms with Crippen LogP contribution >= 0.6 is 15.9 Å². The number of aliphatic carboxylic acids is 1. The summed E-state index contributed by atoms with van der Waals surface area (Å²) in [7, 11) is 0. The van der Waals surface area contributed by atoms with Gasteiger partial charge in [-0.05, 0) is 59.3 Å². The van der Waals surface area contributed by atoms with Gasteiger partial charge in [-0.3, -0.25) is 9.59 Å². The number of hydrogen-bond acceptors (Lipinski definition) is 2. The number of carbonyl (C=O) groups excluding carboxylic acids is 1. The largest absolute Gasteiger partial charge is 0.481 e. The second-order valence-corrected chi connectivity index (χ2v) is 6.19. The van der Waals surface area contributed by atoms with Crippen LogP contribution in [0.15, 0.2) is 22.7 Å². The smallest absolute Gasteiger partial charge is 0.306 e. The van der Waals surface area contributed by atoms with Crippen molar-refractivity contribution in [2.45, 2.75) is 25.7 Å². The molecule has 1 aliphatic carbocycles. The second kappa shape index (κ2) is 7.02. The summed E-state index contributed by atoms with van der Waals surface area (Å²) < 4.78 is 13.5. The number of carboxylic acid groups (broad SMARTS) is 1. The topological polar surface area (TPSA) is 66.4 Å². The van der Waals surface area contributed by atoms with Crippen molar-refractivity contribution < 1.29 is 19.1 Å². The van der Waals surface area contributed by atoms with E-state index in [0.29, 0.717) is 36.7 Å². The van der Waals surface area contributed by atoms with Gasteiger partial charge in [0.1, 0.15) is 5.82 Å². The molecule has 1 aromatic rings. The average molecular weight is 358 g/mol. The molecule has 21 heavy (non-hydrogen) atoms. The minimum atomic E-state index is -0.818. The maximum absolute atomic E-state index is 13.1. The average Bonchev–Trinajstić information content (AvgIpc) is 2.92. The molecule has 2 N–H and O–H groups in total. The Bertz CT molecular complexity index is 550. The van der Waals surface area contributed by atoms with E-state index in [2.05, 4.69) is 21.2 Å². The van der Waals surface area contributed by atoms with Gasteiger partial charge in [0, 0.05) is 12.5 Å². The summed E-state index contributed by atoms with van der Waals surface area (Å²) in [6.07, 6.45) is 2.23. The first kappa shape index (κ1) is 15.9. The predicted molar refractivity (Wildman–Crippen MR) is 79.3 cm³/mol. The molecule has 1 aliphatic rings. The maximum Gasteiger partial charge on any atom is 0.306 e. The minimum absolute atomic E-state index is 0.0834. The first-order valence-corrected chi connectivity index (χ1v) is 7.71. The maximum atomic E-state index is 13.1. The molecule has 0 heterocycles. The first-order valence-electron chi connectivity index (χ1n) is 6.92. The fraction of sp³-hybridized carbons (Fsp3) is 0.467. The van der Waals surface area contributed by atoms with Crippen LogP contribution in [-0.4, -0.2) is 23.5 Å². The Kier molecular flexibility index (Phi) is 5.33. The molecular weight excluding hydrogens is 341 g/mol. The molecular formula is C15H17BrFNO3. The Morgan fingerprint density at radius 2 is 2.05 bits per heavy atom. The molecule has 0 radical (unpaired) electrons. The Hall–Kier alpha value is -1.43. The molecule has 0 aromatic heterocycles. The highest BCUT2D eigenvalue weighted by molar-refractivity contribution is 9.10. The zero-order valence-electron chi connectivity index (χ0n) is 11.4. The lowest BCUT2D eigenvalue weighted by Crippen LogP contribution is -2.31. The van der Waals surface area contributed by atoms with Gasteiger partial charge in [-0.1, -0.05) is 6.07 Å². The zero-order valence-corrected chi connectivity index (χ0v) is 13.0. The molecule has 6 heteroatoms. The minimum Gasteiger partial charge on any atom is -0.481 e. The van der Waals surface area contributed by atoms with Gasteiger partial charge in [0.15, 0.2) is 0 Å². The van der Waals surface area contributed by atoms with Crippen molar-refractivity contribution in [2.24, 2.45) is 11.8 Å². The molecule has 0 aliphatic heterocycles. The van der Waals surface area contributed by atoms with Crippen LogP contribution < -0.4 is 5.32 Å². The predicted octanol–water partition coefficient (Wildman–Crippen LogP) is 2.75. The molecule has 4 nitrogen and oxygen atoms in total. The second-order valence-electron chi connectivity index (χ2n) is 5.33. The number of halogens is 2. The van der Waals surface area contributed by atoms with Crippen molar-refractivity contribution in [3.63, 3.8) is 0 Å². The van der Waals surface area contributed by atoms with Crippen LogP contribution in [0, 0.1) is 17.7 Å². The van der Waals surface area contributed by atoms with Crippen LogP contribution in [0.3, 0.4) is 0 Å². The molecule has 1 saturated carbocycles. The third-order valence-electron chi connectivity index (χ3n) is 3.85. The number of carbonyl (C=O) groups is 2. The Balaban J connectivity index is 1.77. The summed E-state index contributed by atoms with van der Waals surface area (Å²) in [5, 5.41) is 11.7. The van der Waals surface area contributed by atoms with Crippen molar-refractivity contribution in [2.75, 3.05) is 6.54 Å². The van der Waals surface area contributed by atoms with Crippen LogP contribution in [0.4, 0.5) is 4.39 Å². The third kappa shape index (κ3) is 4.27. The molecule has 0 bridgehead atoms. The highest BCUT2D eigenvalue weighted by atomic mass is 79.9. The van der Waals surface area contributed by atoms with Crippen molar-refractivity contribution in [1.29, 1.82) is 0 Å². The number of nitrogens with one attached hydrogen (secondary N) is 1. The van der Waals surface area contributed by atoms with Gasteiger partial charge in [0.05, 0.1) is 10.4 Å². The quantitative estimate of drug-likeness (QED) is 0.851. The number of carboxylic acids is 1. The molecule has 2 rings (SSSR count). The lowest BCUT2D eigenvalue weighted by Gasteiger charge is -2.11. The lowest BCUT2D eigenvalue weighted by atomic mass is 10.0. The molecule has 1 aromatic carbocycles. The van der Waals surface area contributed by atoms with Crippen molar-refractivity contribution in [3.8, 4) is 0 Å². The highest BCUT2D eigenvalue weighted by Gasteiger charge is 2.33. The van der Waals surface area contributed by atoms with Gasteiger partial charge in [-0.15, -0.1) is 0 Å². The monoisotopic (exact) mass is 357 g/mol.